The zero-order chi connectivity index (χ0) is 17.8. The van der Waals surface area contributed by atoms with Crippen LogP contribution in [-0.2, 0) is 6.61 Å². The molecule has 0 aliphatic rings. The third-order valence-corrected chi connectivity index (χ3v) is 5.02. The molecule has 0 spiro atoms. The summed E-state index contributed by atoms with van der Waals surface area (Å²) < 4.78 is 20.2. The minimum atomic E-state index is -0.484. The maximum atomic E-state index is 13.8. The SMILES string of the molecule is Cc1ccccc1OCc1csc(C(=O)Nc2ccc(Br)cc2F)c1. The summed E-state index contributed by atoms with van der Waals surface area (Å²) in [6, 6.07) is 14.0. The number of benzene rings is 2. The first-order chi connectivity index (χ1) is 12.0. The van der Waals surface area contributed by atoms with Crippen molar-refractivity contribution in [2.75, 3.05) is 5.32 Å². The first-order valence-electron chi connectivity index (χ1n) is 7.55. The van der Waals surface area contributed by atoms with Gasteiger partial charge in [-0.05, 0) is 48.2 Å². The Balaban J connectivity index is 1.64. The minimum absolute atomic E-state index is 0.152. The number of thiophene rings is 1. The van der Waals surface area contributed by atoms with E-state index in [2.05, 4.69) is 21.2 Å². The van der Waals surface area contributed by atoms with Crippen molar-refractivity contribution in [1.82, 2.24) is 0 Å². The second-order valence-corrected chi connectivity index (χ2v) is 7.28. The van der Waals surface area contributed by atoms with Crippen LogP contribution in [0.4, 0.5) is 10.1 Å². The molecule has 1 heterocycles. The summed E-state index contributed by atoms with van der Waals surface area (Å²) in [5.74, 6) is -0.00705. The number of carbonyl (C=O) groups excluding carboxylic acids is 1. The average molecular weight is 420 g/mol. The monoisotopic (exact) mass is 419 g/mol. The number of nitrogens with one attached hydrogen (secondary N) is 1. The predicted molar refractivity (Wildman–Crippen MR) is 102 cm³/mol. The van der Waals surface area contributed by atoms with Crippen LogP contribution in [0.2, 0.25) is 0 Å². The Morgan fingerprint density at radius 2 is 2.04 bits per heavy atom. The lowest BCUT2D eigenvalue weighted by Crippen LogP contribution is -2.11. The Labute approximate surface area is 157 Å². The highest BCUT2D eigenvalue weighted by molar-refractivity contribution is 9.10. The Morgan fingerprint density at radius 3 is 2.80 bits per heavy atom. The summed E-state index contributed by atoms with van der Waals surface area (Å²) in [5.41, 5.74) is 2.11. The van der Waals surface area contributed by atoms with E-state index in [-0.39, 0.29) is 11.6 Å². The molecule has 0 aliphatic heterocycles. The van der Waals surface area contributed by atoms with Gasteiger partial charge in [0, 0.05) is 10.0 Å². The van der Waals surface area contributed by atoms with Crippen LogP contribution < -0.4 is 10.1 Å². The predicted octanol–water partition coefficient (Wildman–Crippen LogP) is 5.79. The molecule has 3 aromatic rings. The van der Waals surface area contributed by atoms with Gasteiger partial charge in [0.2, 0.25) is 0 Å². The number of ether oxygens (including phenoxy) is 1. The third kappa shape index (κ3) is 4.46. The van der Waals surface area contributed by atoms with Crippen molar-refractivity contribution in [3.05, 3.63) is 80.2 Å². The Hall–Kier alpha value is -2.18. The van der Waals surface area contributed by atoms with Gasteiger partial charge in [-0.15, -0.1) is 11.3 Å². The van der Waals surface area contributed by atoms with E-state index in [9.17, 15) is 9.18 Å². The minimum Gasteiger partial charge on any atom is -0.489 e. The molecule has 0 radical (unpaired) electrons. The number of rotatable bonds is 5. The van der Waals surface area contributed by atoms with E-state index >= 15 is 0 Å². The lowest BCUT2D eigenvalue weighted by atomic mass is 10.2. The summed E-state index contributed by atoms with van der Waals surface area (Å²) >= 11 is 4.49. The van der Waals surface area contributed by atoms with Gasteiger partial charge in [-0.3, -0.25) is 4.79 Å². The van der Waals surface area contributed by atoms with Crippen molar-refractivity contribution in [2.24, 2.45) is 0 Å². The number of hydrogen-bond acceptors (Lipinski definition) is 3. The molecule has 0 bridgehead atoms. The van der Waals surface area contributed by atoms with Crippen molar-refractivity contribution >= 4 is 38.9 Å². The van der Waals surface area contributed by atoms with Crippen molar-refractivity contribution in [3.63, 3.8) is 0 Å². The summed E-state index contributed by atoms with van der Waals surface area (Å²) in [5, 5.41) is 4.45. The first-order valence-corrected chi connectivity index (χ1v) is 9.22. The molecule has 0 unspecified atom stereocenters. The van der Waals surface area contributed by atoms with Gasteiger partial charge in [0.15, 0.2) is 0 Å². The lowest BCUT2D eigenvalue weighted by molar-refractivity contribution is 0.103. The quantitative estimate of drug-likeness (QED) is 0.568. The van der Waals surface area contributed by atoms with Gasteiger partial charge in [-0.25, -0.2) is 4.39 Å². The van der Waals surface area contributed by atoms with Gasteiger partial charge >= 0.3 is 0 Å². The lowest BCUT2D eigenvalue weighted by Gasteiger charge is -2.07. The van der Waals surface area contributed by atoms with E-state index in [0.29, 0.717) is 16.0 Å². The molecule has 1 aromatic heterocycles. The van der Waals surface area contributed by atoms with Gasteiger partial charge in [0.05, 0.1) is 10.6 Å². The van der Waals surface area contributed by atoms with E-state index in [4.69, 9.17) is 4.74 Å². The third-order valence-electron chi connectivity index (χ3n) is 3.54. The average Bonchev–Trinajstić information content (AvgIpc) is 3.06. The maximum absolute atomic E-state index is 13.8. The van der Waals surface area contributed by atoms with Crippen molar-refractivity contribution < 1.29 is 13.9 Å². The first kappa shape index (κ1) is 17.6. The Morgan fingerprint density at radius 1 is 1.24 bits per heavy atom. The number of hydrogen-bond donors (Lipinski definition) is 1. The second-order valence-electron chi connectivity index (χ2n) is 5.45. The second kappa shape index (κ2) is 7.80. The fourth-order valence-corrected chi connectivity index (χ4v) is 3.35. The van der Waals surface area contributed by atoms with E-state index in [1.54, 1.807) is 12.1 Å². The molecule has 128 valence electrons. The normalized spacial score (nSPS) is 10.5. The van der Waals surface area contributed by atoms with Gasteiger partial charge in [0.25, 0.3) is 5.91 Å². The maximum Gasteiger partial charge on any atom is 0.265 e. The van der Waals surface area contributed by atoms with Crippen LogP contribution in [0.5, 0.6) is 5.75 Å². The zero-order valence-electron chi connectivity index (χ0n) is 13.4. The summed E-state index contributed by atoms with van der Waals surface area (Å²) in [7, 11) is 0. The highest BCUT2D eigenvalue weighted by Crippen LogP contribution is 2.23. The van der Waals surface area contributed by atoms with Crippen LogP contribution in [0, 0.1) is 12.7 Å². The van der Waals surface area contributed by atoms with E-state index < -0.39 is 5.82 Å². The van der Waals surface area contributed by atoms with Crippen LogP contribution in [0.3, 0.4) is 0 Å². The number of halogens is 2. The van der Waals surface area contributed by atoms with Gasteiger partial charge in [-0.1, -0.05) is 34.1 Å². The molecular formula is C19H15BrFNO2S. The molecule has 1 N–H and O–H groups in total. The van der Waals surface area contributed by atoms with Crippen molar-refractivity contribution in [1.29, 1.82) is 0 Å². The molecular weight excluding hydrogens is 405 g/mol. The van der Waals surface area contributed by atoms with Gasteiger partial charge in [0.1, 0.15) is 18.2 Å². The number of anilines is 1. The Kier molecular flexibility index (Phi) is 5.50. The number of para-hydroxylation sites is 1. The standard InChI is InChI=1S/C19H15BrFNO2S/c1-12-4-2-3-5-17(12)24-10-13-8-18(25-11-13)19(23)22-16-7-6-14(20)9-15(16)21/h2-9,11H,10H2,1H3,(H,22,23). The fraction of sp³-hybridized carbons (Fsp3) is 0.105. The Bertz CT molecular complexity index is 910. The summed E-state index contributed by atoms with van der Waals surface area (Å²) in [6.45, 7) is 2.36. The van der Waals surface area contributed by atoms with Gasteiger partial charge < -0.3 is 10.1 Å². The smallest absolute Gasteiger partial charge is 0.265 e. The van der Waals surface area contributed by atoms with E-state index in [1.165, 1.54) is 23.5 Å². The van der Waals surface area contributed by atoms with Crippen LogP contribution in [0.15, 0.2) is 58.4 Å². The molecule has 2 aromatic carbocycles. The zero-order valence-corrected chi connectivity index (χ0v) is 15.8. The molecule has 0 saturated carbocycles. The fourth-order valence-electron chi connectivity index (χ4n) is 2.22. The highest BCUT2D eigenvalue weighted by atomic mass is 79.9. The molecule has 0 fully saturated rings. The number of amides is 1. The summed E-state index contributed by atoms with van der Waals surface area (Å²) in [6.07, 6.45) is 0. The molecule has 0 atom stereocenters. The van der Waals surface area contributed by atoms with Crippen LogP contribution >= 0.6 is 27.3 Å². The van der Waals surface area contributed by atoms with Crippen LogP contribution in [0.25, 0.3) is 0 Å². The molecule has 3 rings (SSSR count). The van der Waals surface area contributed by atoms with E-state index in [1.807, 2.05) is 36.6 Å². The summed E-state index contributed by atoms with van der Waals surface area (Å²) in [4.78, 5) is 12.8. The molecule has 0 saturated heterocycles. The highest BCUT2D eigenvalue weighted by Gasteiger charge is 2.12. The van der Waals surface area contributed by atoms with Crippen molar-refractivity contribution in [2.45, 2.75) is 13.5 Å². The topological polar surface area (TPSA) is 38.3 Å². The molecule has 1 amide bonds. The van der Waals surface area contributed by atoms with Crippen LogP contribution in [0.1, 0.15) is 20.8 Å². The van der Waals surface area contributed by atoms with Crippen molar-refractivity contribution in [3.8, 4) is 5.75 Å². The molecule has 25 heavy (non-hydrogen) atoms. The largest absolute Gasteiger partial charge is 0.489 e. The molecule has 3 nitrogen and oxygen atoms in total. The van der Waals surface area contributed by atoms with Crippen LogP contribution in [-0.4, -0.2) is 5.91 Å². The molecule has 0 aliphatic carbocycles. The number of aryl methyl sites for hydroxylation is 1. The number of carbonyl (C=O) groups is 1. The molecule has 6 heteroatoms. The van der Waals surface area contributed by atoms with E-state index in [0.717, 1.165) is 16.9 Å². The van der Waals surface area contributed by atoms with Gasteiger partial charge in [-0.2, -0.15) is 0 Å².